The van der Waals surface area contributed by atoms with Crippen LogP contribution in [-0.4, -0.2) is 33.9 Å². The first-order chi connectivity index (χ1) is 7.98. The van der Waals surface area contributed by atoms with Crippen molar-refractivity contribution in [1.82, 2.24) is 0 Å². The molecule has 0 fully saturated rings. The highest BCUT2D eigenvalue weighted by Crippen LogP contribution is 2.40. The van der Waals surface area contributed by atoms with Crippen LogP contribution in [0.2, 0.25) is 0 Å². The van der Waals surface area contributed by atoms with Gasteiger partial charge in [-0.1, -0.05) is 25.8 Å². The molecule has 2 N–H and O–H groups in total. The molecule has 0 radical (unpaired) electrons. The van der Waals surface area contributed by atoms with Crippen LogP contribution in [0.5, 0.6) is 0 Å². The summed E-state index contributed by atoms with van der Waals surface area (Å²) in [5, 5.41) is 16.8. The standard InChI is InChI=1S/C10H13F5O3/c1-2-3-4-5-6-7(16)8(11,12)9(17,18)10(13,14)15/h5-6,17-18H,2-4H2,1H3/b6-5+. The fourth-order valence-corrected chi connectivity index (χ4v) is 0.967. The summed E-state index contributed by atoms with van der Waals surface area (Å²) in [5.74, 6) is -13.0. The average molecular weight is 276 g/mol. The Kier molecular flexibility index (Phi) is 5.42. The minimum Gasteiger partial charge on any atom is -0.354 e. The van der Waals surface area contributed by atoms with Gasteiger partial charge in [0.1, 0.15) is 0 Å². The van der Waals surface area contributed by atoms with E-state index in [9.17, 15) is 26.7 Å². The van der Waals surface area contributed by atoms with Gasteiger partial charge in [0.2, 0.25) is 5.78 Å². The van der Waals surface area contributed by atoms with Crippen molar-refractivity contribution in [2.45, 2.75) is 44.1 Å². The molecule has 0 saturated carbocycles. The van der Waals surface area contributed by atoms with Gasteiger partial charge < -0.3 is 10.2 Å². The van der Waals surface area contributed by atoms with Crippen molar-refractivity contribution in [3.8, 4) is 0 Å². The molecule has 0 heterocycles. The van der Waals surface area contributed by atoms with E-state index in [1.807, 2.05) is 0 Å². The molecule has 18 heavy (non-hydrogen) atoms. The van der Waals surface area contributed by atoms with Crippen LogP contribution in [0.25, 0.3) is 0 Å². The second-order valence-electron chi connectivity index (χ2n) is 3.65. The van der Waals surface area contributed by atoms with Crippen molar-refractivity contribution in [3.05, 3.63) is 12.2 Å². The van der Waals surface area contributed by atoms with Crippen molar-refractivity contribution in [2.75, 3.05) is 0 Å². The number of aliphatic hydroxyl groups is 2. The zero-order valence-electron chi connectivity index (χ0n) is 9.47. The quantitative estimate of drug-likeness (QED) is 0.338. The minimum absolute atomic E-state index is 0.225. The summed E-state index contributed by atoms with van der Waals surface area (Å²) in [5.41, 5.74) is 0. The molecule has 0 aliphatic carbocycles. The molecular weight excluding hydrogens is 263 g/mol. The second kappa shape index (κ2) is 5.75. The van der Waals surface area contributed by atoms with Crippen LogP contribution in [0.1, 0.15) is 26.2 Å². The Morgan fingerprint density at radius 1 is 1.17 bits per heavy atom. The summed E-state index contributed by atoms with van der Waals surface area (Å²) in [4.78, 5) is 10.9. The molecule has 0 aliphatic rings. The maximum Gasteiger partial charge on any atom is 0.450 e. The van der Waals surface area contributed by atoms with E-state index in [0.717, 1.165) is 6.08 Å². The molecule has 0 aliphatic heterocycles. The lowest BCUT2D eigenvalue weighted by molar-refractivity contribution is -0.404. The maximum absolute atomic E-state index is 13.0. The minimum atomic E-state index is -6.04. The molecule has 0 atom stereocenters. The van der Waals surface area contributed by atoms with Gasteiger partial charge in [-0.2, -0.15) is 22.0 Å². The lowest BCUT2D eigenvalue weighted by Gasteiger charge is -2.30. The number of unbranched alkanes of at least 4 members (excludes halogenated alkanes) is 2. The summed E-state index contributed by atoms with van der Waals surface area (Å²) in [6, 6.07) is 0. The summed E-state index contributed by atoms with van der Waals surface area (Å²) in [6.07, 6.45) is -3.34. The summed E-state index contributed by atoms with van der Waals surface area (Å²) in [7, 11) is 0. The van der Waals surface area contributed by atoms with E-state index in [0.29, 0.717) is 12.8 Å². The first-order valence-corrected chi connectivity index (χ1v) is 5.08. The highest BCUT2D eigenvalue weighted by Gasteiger charge is 2.71. The first kappa shape index (κ1) is 17.0. The Balaban J connectivity index is 4.93. The number of rotatable bonds is 6. The van der Waals surface area contributed by atoms with Crippen LogP contribution < -0.4 is 0 Å². The number of hydrogen-bond acceptors (Lipinski definition) is 3. The smallest absolute Gasteiger partial charge is 0.354 e. The third-order valence-corrected chi connectivity index (χ3v) is 2.14. The van der Waals surface area contributed by atoms with E-state index in [2.05, 4.69) is 0 Å². The fraction of sp³-hybridized carbons (Fsp3) is 0.700. The van der Waals surface area contributed by atoms with Gasteiger partial charge in [0.25, 0.3) is 0 Å². The van der Waals surface area contributed by atoms with Gasteiger partial charge in [-0.05, 0) is 12.5 Å². The average Bonchev–Trinajstić information content (AvgIpc) is 2.22. The van der Waals surface area contributed by atoms with Crippen molar-refractivity contribution in [2.24, 2.45) is 0 Å². The van der Waals surface area contributed by atoms with Crippen LogP contribution in [0.4, 0.5) is 22.0 Å². The van der Waals surface area contributed by atoms with Gasteiger partial charge in [0.05, 0.1) is 0 Å². The normalized spacial score (nSPS) is 14.2. The Morgan fingerprint density at radius 3 is 2.06 bits per heavy atom. The first-order valence-electron chi connectivity index (χ1n) is 5.08. The van der Waals surface area contributed by atoms with Crippen LogP contribution in [0, 0.1) is 0 Å². The zero-order valence-corrected chi connectivity index (χ0v) is 9.47. The number of alkyl halides is 5. The van der Waals surface area contributed by atoms with Gasteiger partial charge in [-0.25, -0.2) is 0 Å². The lowest BCUT2D eigenvalue weighted by Crippen LogP contribution is -2.61. The predicted octanol–water partition coefficient (Wildman–Crippen LogP) is 2.18. The fourth-order valence-electron chi connectivity index (χ4n) is 0.967. The highest BCUT2D eigenvalue weighted by molar-refractivity contribution is 5.96. The lowest BCUT2D eigenvalue weighted by atomic mass is 10.0. The van der Waals surface area contributed by atoms with Gasteiger partial charge in [0.15, 0.2) is 0 Å². The number of carbonyl (C=O) groups is 1. The molecule has 0 bridgehead atoms. The summed E-state index contributed by atoms with van der Waals surface area (Å²) < 4.78 is 61.9. The Bertz CT molecular complexity index is 320. The number of carbonyl (C=O) groups excluding carboxylic acids is 1. The molecule has 0 aromatic heterocycles. The van der Waals surface area contributed by atoms with E-state index in [-0.39, 0.29) is 12.5 Å². The molecule has 0 aromatic carbocycles. The van der Waals surface area contributed by atoms with Crippen molar-refractivity contribution < 1.29 is 37.0 Å². The summed E-state index contributed by atoms with van der Waals surface area (Å²) >= 11 is 0. The number of allylic oxidation sites excluding steroid dienone is 2. The highest BCUT2D eigenvalue weighted by atomic mass is 19.4. The molecular formula is C10H13F5O3. The third-order valence-electron chi connectivity index (χ3n) is 2.14. The Hall–Kier alpha value is -1.02. The van der Waals surface area contributed by atoms with E-state index >= 15 is 0 Å². The molecule has 0 amide bonds. The molecule has 0 saturated heterocycles. The Labute approximate surface area is 99.9 Å². The molecule has 8 heteroatoms. The van der Waals surface area contributed by atoms with Gasteiger partial charge >= 0.3 is 17.9 Å². The number of halogens is 5. The second-order valence-corrected chi connectivity index (χ2v) is 3.65. The van der Waals surface area contributed by atoms with E-state index in [1.165, 1.54) is 0 Å². The third kappa shape index (κ3) is 3.49. The van der Waals surface area contributed by atoms with Gasteiger partial charge in [-0.3, -0.25) is 4.79 Å². The van der Waals surface area contributed by atoms with E-state index < -0.39 is 23.7 Å². The van der Waals surface area contributed by atoms with Crippen molar-refractivity contribution in [1.29, 1.82) is 0 Å². The molecule has 0 rings (SSSR count). The molecule has 3 nitrogen and oxygen atoms in total. The zero-order chi connectivity index (χ0) is 14.6. The monoisotopic (exact) mass is 276 g/mol. The van der Waals surface area contributed by atoms with Crippen molar-refractivity contribution in [3.63, 3.8) is 0 Å². The molecule has 0 spiro atoms. The topological polar surface area (TPSA) is 57.5 Å². The van der Waals surface area contributed by atoms with E-state index in [4.69, 9.17) is 10.2 Å². The number of hydrogen-bond donors (Lipinski definition) is 2. The van der Waals surface area contributed by atoms with E-state index in [1.54, 1.807) is 6.92 Å². The molecule has 106 valence electrons. The Morgan fingerprint density at radius 2 is 1.67 bits per heavy atom. The van der Waals surface area contributed by atoms with Crippen LogP contribution in [0.3, 0.4) is 0 Å². The molecule has 0 aromatic rings. The maximum atomic E-state index is 13.0. The number of ketones is 1. The summed E-state index contributed by atoms with van der Waals surface area (Å²) in [6.45, 7) is 1.79. The van der Waals surface area contributed by atoms with Gasteiger partial charge in [0, 0.05) is 0 Å². The molecule has 0 unspecified atom stereocenters. The van der Waals surface area contributed by atoms with Crippen LogP contribution >= 0.6 is 0 Å². The van der Waals surface area contributed by atoms with Crippen LogP contribution in [-0.2, 0) is 4.79 Å². The predicted molar refractivity (Wildman–Crippen MR) is 51.8 cm³/mol. The van der Waals surface area contributed by atoms with Crippen LogP contribution in [0.15, 0.2) is 12.2 Å². The van der Waals surface area contributed by atoms with Crippen molar-refractivity contribution >= 4 is 5.78 Å². The SMILES string of the molecule is CCCC/C=C/C(=O)C(F)(F)C(O)(O)C(F)(F)F. The largest absolute Gasteiger partial charge is 0.450 e. The van der Waals surface area contributed by atoms with Gasteiger partial charge in [-0.15, -0.1) is 0 Å².